The predicted octanol–water partition coefficient (Wildman–Crippen LogP) is 3.05. The van der Waals surface area contributed by atoms with Gasteiger partial charge >= 0.3 is 0 Å². The van der Waals surface area contributed by atoms with E-state index in [-0.39, 0.29) is 0 Å². The standard InChI is InChI=1S/C18H22N2O/c1-20-10-9-13-11-15(21-2)7-8-16(13)18(20)12-14-5-3-4-6-17(14)19/h3-8,11,18H,9-10,12,19H2,1-2H3. The van der Waals surface area contributed by atoms with Gasteiger partial charge in [0.25, 0.3) is 0 Å². The molecule has 0 radical (unpaired) electrons. The summed E-state index contributed by atoms with van der Waals surface area (Å²) in [6, 6.07) is 15.0. The molecule has 0 aliphatic carbocycles. The van der Waals surface area contributed by atoms with Gasteiger partial charge in [-0.1, -0.05) is 24.3 Å². The molecule has 0 spiro atoms. The van der Waals surface area contributed by atoms with E-state index in [0.29, 0.717) is 6.04 Å². The number of ether oxygens (including phenoxy) is 1. The fraction of sp³-hybridized carbons (Fsp3) is 0.333. The molecule has 3 nitrogen and oxygen atoms in total. The summed E-state index contributed by atoms with van der Waals surface area (Å²) in [7, 11) is 3.91. The minimum absolute atomic E-state index is 0.379. The van der Waals surface area contributed by atoms with E-state index in [9.17, 15) is 0 Å². The molecule has 0 amide bonds. The number of hydrogen-bond acceptors (Lipinski definition) is 3. The second kappa shape index (κ2) is 5.78. The van der Waals surface area contributed by atoms with Crippen molar-refractivity contribution in [3.05, 3.63) is 59.2 Å². The lowest BCUT2D eigenvalue weighted by molar-refractivity contribution is 0.229. The van der Waals surface area contributed by atoms with Crippen molar-refractivity contribution in [1.82, 2.24) is 4.90 Å². The molecule has 1 aliphatic rings. The van der Waals surface area contributed by atoms with Crippen LogP contribution in [0.3, 0.4) is 0 Å². The first-order valence-electron chi connectivity index (χ1n) is 7.39. The third-order valence-corrected chi connectivity index (χ3v) is 4.44. The average molecular weight is 282 g/mol. The van der Waals surface area contributed by atoms with Crippen molar-refractivity contribution < 1.29 is 4.74 Å². The van der Waals surface area contributed by atoms with E-state index in [2.05, 4.69) is 42.3 Å². The SMILES string of the molecule is COc1ccc2c(c1)CCN(C)C2Cc1ccccc1N. The highest BCUT2D eigenvalue weighted by Crippen LogP contribution is 2.34. The van der Waals surface area contributed by atoms with Crippen molar-refractivity contribution in [3.8, 4) is 5.75 Å². The van der Waals surface area contributed by atoms with Crippen molar-refractivity contribution >= 4 is 5.69 Å². The molecule has 1 unspecified atom stereocenters. The van der Waals surface area contributed by atoms with Crippen LogP contribution in [-0.4, -0.2) is 25.6 Å². The predicted molar refractivity (Wildman–Crippen MR) is 86.6 cm³/mol. The Morgan fingerprint density at radius 3 is 2.81 bits per heavy atom. The molecule has 2 N–H and O–H groups in total. The van der Waals surface area contributed by atoms with Crippen LogP contribution >= 0.6 is 0 Å². The molecular formula is C18H22N2O. The molecule has 0 saturated heterocycles. The second-order valence-corrected chi connectivity index (χ2v) is 5.71. The van der Waals surface area contributed by atoms with Crippen LogP contribution in [0.2, 0.25) is 0 Å². The first-order valence-corrected chi connectivity index (χ1v) is 7.39. The molecule has 1 aliphatic heterocycles. The van der Waals surface area contributed by atoms with Gasteiger partial charge in [-0.15, -0.1) is 0 Å². The number of anilines is 1. The summed E-state index contributed by atoms with van der Waals surface area (Å²) in [4.78, 5) is 2.42. The number of nitrogens with two attached hydrogens (primary N) is 1. The highest BCUT2D eigenvalue weighted by molar-refractivity contribution is 5.48. The minimum Gasteiger partial charge on any atom is -0.497 e. The lowest BCUT2D eigenvalue weighted by atomic mass is 9.88. The Labute approximate surface area is 126 Å². The van der Waals surface area contributed by atoms with Gasteiger partial charge in [0.2, 0.25) is 0 Å². The molecule has 2 aromatic rings. The molecule has 2 aromatic carbocycles. The normalized spacial score (nSPS) is 18.3. The van der Waals surface area contributed by atoms with Crippen LogP contribution in [0.5, 0.6) is 5.75 Å². The van der Waals surface area contributed by atoms with E-state index in [1.807, 2.05) is 12.1 Å². The Morgan fingerprint density at radius 2 is 2.05 bits per heavy atom. The number of benzene rings is 2. The van der Waals surface area contributed by atoms with Crippen LogP contribution < -0.4 is 10.5 Å². The lowest BCUT2D eigenvalue weighted by Crippen LogP contribution is -2.33. The first kappa shape index (κ1) is 14.0. The highest BCUT2D eigenvalue weighted by atomic mass is 16.5. The van der Waals surface area contributed by atoms with Crippen molar-refractivity contribution in [3.63, 3.8) is 0 Å². The molecule has 0 saturated carbocycles. The van der Waals surface area contributed by atoms with Gasteiger partial charge < -0.3 is 10.5 Å². The Kier molecular flexibility index (Phi) is 3.84. The zero-order valence-electron chi connectivity index (χ0n) is 12.7. The first-order chi connectivity index (χ1) is 10.2. The van der Waals surface area contributed by atoms with Gasteiger partial charge in [0.05, 0.1) is 7.11 Å². The summed E-state index contributed by atoms with van der Waals surface area (Å²) in [5.74, 6) is 0.941. The molecule has 1 atom stereocenters. The Bertz CT molecular complexity index is 639. The van der Waals surface area contributed by atoms with Gasteiger partial charge in [-0.3, -0.25) is 4.90 Å². The van der Waals surface area contributed by atoms with Crippen LogP contribution in [0, 0.1) is 0 Å². The van der Waals surface area contributed by atoms with E-state index >= 15 is 0 Å². The summed E-state index contributed by atoms with van der Waals surface area (Å²) in [5.41, 5.74) is 11.0. The molecule has 0 fully saturated rings. The molecule has 110 valence electrons. The monoisotopic (exact) mass is 282 g/mol. The third kappa shape index (κ3) is 2.74. The second-order valence-electron chi connectivity index (χ2n) is 5.71. The highest BCUT2D eigenvalue weighted by Gasteiger charge is 2.25. The fourth-order valence-electron chi connectivity index (χ4n) is 3.13. The molecule has 3 rings (SSSR count). The average Bonchev–Trinajstić information content (AvgIpc) is 2.51. The van der Waals surface area contributed by atoms with Gasteiger partial charge in [0, 0.05) is 18.3 Å². The topological polar surface area (TPSA) is 38.5 Å². The maximum absolute atomic E-state index is 6.11. The van der Waals surface area contributed by atoms with Gasteiger partial charge in [0.15, 0.2) is 0 Å². The molecule has 0 aromatic heterocycles. The van der Waals surface area contributed by atoms with E-state index in [1.54, 1.807) is 7.11 Å². The quantitative estimate of drug-likeness (QED) is 0.879. The number of hydrogen-bond donors (Lipinski definition) is 1. The zero-order chi connectivity index (χ0) is 14.8. The van der Waals surface area contributed by atoms with E-state index in [1.165, 1.54) is 16.7 Å². The minimum atomic E-state index is 0.379. The number of para-hydroxylation sites is 1. The number of nitrogen functional groups attached to an aromatic ring is 1. The summed E-state index contributed by atoms with van der Waals surface area (Å²) in [5, 5.41) is 0. The molecular weight excluding hydrogens is 260 g/mol. The Hall–Kier alpha value is -2.00. The third-order valence-electron chi connectivity index (χ3n) is 4.44. The number of methoxy groups -OCH3 is 1. The lowest BCUT2D eigenvalue weighted by Gasteiger charge is -2.35. The fourth-order valence-corrected chi connectivity index (χ4v) is 3.13. The van der Waals surface area contributed by atoms with Gasteiger partial charge in [-0.25, -0.2) is 0 Å². The summed E-state index contributed by atoms with van der Waals surface area (Å²) in [6.45, 7) is 1.07. The van der Waals surface area contributed by atoms with Crippen LogP contribution in [0.1, 0.15) is 22.7 Å². The van der Waals surface area contributed by atoms with Gasteiger partial charge in [-0.2, -0.15) is 0 Å². The number of likely N-dealkylation sites (N-methyl/N-ethyl adjacent to an activating group) is 1. The molecule has 1 heterocycles. The van der Waals surface area contributed by atoms with E-state index < -0.39 is 0 Å². The zero-order valence-corrected chi connectivity index (χ0v) is 12.7. The smallest absolute Gasteiger partial charge is 0.119 e. The van der Waals surface area contributed by atoms with Gasteiger partial charge in [-0.05, 0) is 54.8 Å². The van der Waals surface area contributed by atoms with E-state index in [4.69, 9.17) is 10.5 Å². The molecule has 21 heavy (non-hydrogen) atoms. The molecule has 3 heteroatoms. The summed E-state index contributed by atoms with van der Waals surface area (Å²) >= 11 is 0. The summed E-state index contributed by atoms with van der Waals surface area (Å²) in [6.07, 6.45) is 2.02. The Morgan fingerprint density at radius 1 is 1.24 bits per heavy atom. The van der Waals surface area contributed by atoms with Crippen LogP contribution in [0.25, 0.3) is 0 Å². The van der Waals surface area contributed by atoms with Crippen molar-refractivity contribution in [1.29, 1.82) is 0 Å². The van der Waals surface area contributed by atoms with Crippen LogP contribution in [0.4, 0.5) is 5.69 Å². The van der Waals surface area contributed by atoms with E-state index in [0.717, 1.165) is 30.8 Å². The van der Waals surface area contributed by atoms with Crippen molar-refractivity contribution in [2.75, 3.05) is 26.4 Å². The number of rotatable bonds is 3. The largest absolute Gasteiger partial charge is 0.497 e. The Balaban J connectivity index is 1.94. The van der Waals surface area contributed by atoms with Crippen molar-refractivity contribution in [2.24, 2.45) is 0 Å². The number of fused-ring (bicyclic) bond motifs is 1. The van der Waals surface area contributed by atoms with Crippen molar-refractivity contribution in [2.45, 2.75) is 18.9 Å². The molecule has 0 bridgehead atoms. The maximum Gasteiger partial charge on any atom is 0.119 e. The van der Waals surface area contributed by atoms with Crippen LogP contribution in [0.15, 0.2) is 42.5 Å². The summed E-state index contributed by atoms with van der Waals surface area (Å²) < 4.78 is 5.35. The van der Waals surface area contributed by atoms with Gasteiger partial charge in [0.1, 0.15) is 5.75 Å². The number of nitrogens with zero attached hydrogens (tertiary/aromatic N) is 1. The maximum atomic E-state index is 6.11. The van der Waals surface area contributed by atoms with Crippen LogP contribution in [-0.2, 0) is 12.8 Å².